The third-order valence-electron chi connectivity index (χ3n) is 2.00. The molecule has 5 nitrogen and oxygen atoms in total. The van der Waals surface area contributed by atoms with Crippen LogP contribution in [0.15, 0.2) is 16.8 Å². The Balaban J connectivity index is 2.14. The zero-order valence-corrected chi connectivity index (χ0v) is 8.54. The number of amides is 3. The molecule has 0 saturated carbocycles. The first-order chi connectivity index (χ1) is 7.16. The minimum absolute atomic E-state index is 0.0551. The van der Waals surface area contributed by atoms with E-state index < -0.39 is 11.8 Å². The van der Waals surface area contributed by atoms with Crippen molar-refractivity contribution < 1.29 is 14.4 Å². The number of rotatable bonds is 1. The molecule has 0 spiro atoms. The Hall–Kier alpha value is -1.69. The van der Waals surface area contributed by atoms with Gasteiger partial charge in [0.2, 0.25) is 11.8 Å². The molecule has 2 rings (SSSR count). The molecule has 1 aliphatic rings. The smallest absolute Gasteiger partial charge is 0.255 e. The van der Waals surface area contributed by atoms with Crippen LogP contribution in [0.2, 0.25) is 0 Å². The van der Waals surface area contributed by atoms with Crippen LogP contribution in [0.4, 0.5) is 0 Å². The van der Waals surface area contributed by atoms with E-state index >= 15 is 0 Å². The maximum absolute atomic E-state index is 11.8. The highest BCUT2D eigenvalue weighted by Gasteiger charge is 2.26. The van der Waals surface area contributed by atoms with Crippen LogP contribution < -0.4 is 5.32 Å². The molecule has 0 aromatic carbocycles. The lowest BCUT2D eigenvalue weighted by molar-refractivity contribution is -0.135. The molecule has 2 heterocycles. The molecule has 1 aromatic heterocycles. The van der Waals surface area contributed by atoms with Gasteiger partial charge in [0.25, 0.3) is 5.91 Å². The molecular formula is C9H8N2O3S. The largest absolute Gasteiger partial charge is 0.320 e. The standard InChI is InChI=1S/C9H8N2O3S/c12-7-3-11(4-8(13)10-7)9(14)6-1-2-15-5-6/h1-2,5H,3-4H2,(H,10,12,13). The minimum atomic E-state index is -0.435. The fourth-order valence-electron chi connectivity index (χ4n) is 1.35. The first kappa shape index (κ1) is 9.85. The summed E-state index contributed by atoms with van der Waals surface area (Å²) in [6, 6.07) is 1.67. The van der Waals surface area contributed by atoms with Gasteiger partial charge < -0.3 is 4.90 Å². The molecule has 15 heavy (non-hydrogen) atoms. The molecule has 6 heteroatoms. The SMILES string of the molecule is O=C1CN(C(=O)c2ccsc2)CC(=O)N1. The Morgan fingerprint density at radius 1 is 1.33 bits per heavy atom. The number of carbonyl (C=O) groups is 3. The molecular weight excluding hydrogens is 216 g/mol. The Labute approximate surface area is 89.7 Å². The third-order valence-corrected chi connectivity index (χ3v) is 2.69. The van der Waals surface area contributed by atoms with Crippen LogP contribution in [-0.2, 0) is 9.59 Å². The Bertz CT molecular complexity index is 397. The molecule has 1 N–H and O–H groups in total. The maximum atomic E-state index is 11.8. The van der Waals surface area contributed by atoms with Crippen molar-refractivity contribution in [3.8, 4) is 0 Å². The fourth-order valence-corrected chi connectivity index (χ4v) is 1.98. The van der Waals surface area contributed by atoms with E-state index in [9.17, 15) is 14.4 Å². The van der Waals surface area contributed by atoms with Crippen LogP contribution in [0.3, 0.4) is 0 Å². The summed E-state index contributed by atoms with van der Waals surface area (Å²) in [6.07, 6.45) is 0. The molecule has 3 amide bonds. The lowest BCUT2D eigenvalue weighted by atomic mass is 10.2. The van der Waals surface area contributed by atoms with Crippen molar-refractivity contribution >= 4 is 29.1 Å². The Morgan fingerprint density at radius 3 is 2.53 bits per heavy atom. The Kier molecular flexibility index (Phi) is 2.51. The molecule has 1 aliphatic heterocycles. The summed E-state index contributed by atoms with van der Waals surface area (Å²) in [4.78, 5) is 35.1. The number of hydrogen-bond acceptors (Lipinski definition) is 4. The number of piperazine rings is 1. The normalized spacial score (nSPS) is 16.4. The molecule has 0 bridgehead atoms. The van der Waals surface area contributed by atoms with Crippen LogP contribution in [0, 0.1) is 0 Å². The summed E-state index contributed by atoms with van der Waals surface area (Å²) < 4.78 is 0. The predicted molar refractivity (Wildman–Crippen MR) is 53.4 cm³/mol. The quantitative estimate of drug-likeness (QED) is 0.674. The molecule has 1 aromatic rings. The van der Waals surface area contributed by atoms with Gasteiger partial charge >= 0.3 is 0 Å². The van der Waals surface area contributed by atoms with E-state index in [1.807, 2.05) is 0 Å². The minimum Gasteiger partial charge on any atom is -0.320 e. The number of hydrogen-bond donors (Lipinski definition) is 1. The Morgan fingerprint density at radius 2 is 2.00 bits per heavy atom. The van der Waals surface area contributed by atoms with Gasteiger partial charge in [0, 0.05) is 5.38 Å². The monoisotopic (exact) mass is 224 g/mol. The molecule has 0 unspecified atom stereocenters. The number of nitrogens with zero attached hydrogens (tertiary/aromatic N) is 1. The van der Waals surface area contributed by atoms with Crippen molar-refractivity contribution in [2.24, 2.45) is 0 Å². The van der Waals surface area contributed by atoms with Crippen molar-refractivity contribution in [2.45, 2.75) is 0 Å². The van der Waals surface area contributed by atoms with Crippen molar-refractivity contribution in [1.29, 1.82) is 0 Å². The average Bonchev–Trinajstić information content (AvgIpc) is 2.67. The van der Waals surface area contributed by atoms with Gasteiger partial charge in [-0.15, -0.1) is 0 Å². The first-order valence-electron chi connectivity index (χ1n) is 4.31. The summed E-state index contributed by atoms with van der Waals surface area (Å²) in [5.41, 5.74) is 0.516. The summed E-state index contributed by atoms with van der Waals surface area (Å²) in [5.74, 6) is -1.15. The van der Waals surface area contributed by atoms with Crippen LogP contribution in [0.25, 0.3) is 0 Å². The van der Waals surface area contributed by atoms with E-state index in [0.717, 1.165) is 0 Å². The second-order valence-corrected chi connectivity index (χ2v) is 3.92. The number of thiophene rings is 1. The summed E-state index contributed by atoms with van der Waals surface area (Å²) >= 11 is 1.40. The first-order valence-corrected chi connectivity index (χ1v) is 5.25. The zero-order valence-electron chi connectivity index (χ0n) is 7.73. The summed E-state index contributed by atoms with van der Waals surface area (Å²) in [7, 11) is 0. The third kappa shape index (κ3) is 2.04. The van der Waals surface area contributed by atoms with E-state index in [2.05, 4.69) is 5.32 Å². The van der Waals surface area contributed by atoms with E-state index in [4.69, 9.17) is 0 Å². The molecule has 0 aliphatic carbocycles. The van der Waals surface area contributed by atoms with Crippen molar-refractivity contribution in [1.82, 2.24) is 10.2 Å². The molecule has 1 fully saturated rings. The zero-order chi connectivity index (χ0) is 10.8. The highest BCUT2D eigenvalue weighted by molar-refractivity contribution is 7.08. The van der Waals surface area contributed by atoms with Gasteiger partial charge in [-0.1, -0.05) is 0 Å². The van der Waals surface area contributed by atoms with Gasteiger partial charge in [-0.05, 0) is 11.4 Å². The van der Waals surface area contributed by atoms with Crippen LogP contribution in [0.1, 0.15) is 10.4 Å². The van der Waals surface area contributed by atoms with E-state index in [0.29, 0.717) is 5.56 Å². The average molecular weight is 224 g/mol. The summed E-state index contributed by atoms with van der Waals surface area (Å²) in [5, 5.41) is 5.61. The second kappa shape index (κ2) is 3.82. The second-order valence-electron chi connectivity index (χ2n) is 3.14. The van der Waals surface area contributed by atoms with Gasteiger partial charge in [0.1, 0.15) is 13.1 Å². The lowest BCUT2D eigenvalue weighted by Gasteiger charge is -2.24. The fraction of sp³-hybridized carbons (Fsp3) is 0.222. The van der Waals surface area contributed by atoms with Crippen LogP contribution >= 0.6 is 11.3 Å². The maximum Gasteiger partial charge on any atom is 0.255 e. The number of imide groups is 1. The van der Waals surface area contributed by atoms with Gasteiger partial charge in [-0.3, -0.25) is 19.7 Å². The van der Waals surface area contributed by atoms with Crippen LogP contribution in [-0.4, -0.2) is 35.7 Å². The lowest BCUT2D eigenvalue weighted by Crippen LogP contribution is -2.53. The topological polar surface area (TPSA) is 66.5 Å². The number of carbonyl (C=O) groups excluding carboxylic acids is 3. The molecule has 78 valence electrons. The van der Waals surface area contributed by atoms with Crippen molar-refractivity contribution in [3.05, 3.63) is 22.4 Å². The van der Waals surface area contributed by atoms with E-state index in [1.54, 1.807) is 16.8 Å². The number of nitrogens with one attached hydrogen (secondary N) is 1. The van der Waals surface area contributed by atoms with Crippen molar-refractivity contribution in [3.63, 3.8) is 0 Å². The van der Waals surface area contributed by atoms with Gasteiger partial charge in [0.05, 0.1) is 5.56 Å². The predicted octanol–water partition coefficient (Wildman–Crippen LogP) is -0.153. The van der Waals surface area contributed by atoms with Gasteiger partial charge in [-0.2, -0.15) is 11.3 Å². The summed E-state index contributed by atoms with van der Waals surface area (Å²) in [6.45, 7) is -0.110. The van der Waals surface area contributed by atoms with Crippen molar-refractivity contribution in [2.75, 3.05) is 13.1 Å². The molecule has 1 saturated heterocycles. The molecule has 0 radical (unpaired) electrons. The molecule has 0 atom stereocenters. The van der Waals surface area contributed by atoms with Gasteiger partial charge in [0.15, 0.2) is 0 Å². The highest BCUT2D eigenvalue weighted by Crippen LogP contribution is 2.10. The van der Waals surface area contributed by atoms with E-state index in [-0.39, 0.29) is 19.0 Å². The highest BCUT2D eigenvalue weighted by atomic mass is 32.1. The van der Waals surface area contributed by atoms with E-state index in [1.165, 1.54) is 16.2 Å². The van der Waals surface area contributed by atoms with Crippen LogP contribution in [0.5, 0.6) is 0 Å². The van der Waals surface area contributed by atoms with Gasteiger partial charge in [-0.25, -0.2) is 0 Å².